The highest BCUT2D eigenvalue weighted by Crippen LogP contribution is 2.30. The number of hydrogen-bond donors (Lipinski definition) is 3. The van der Waals surface area contributed by atoms with Gasteiger partial charge in [0, 0.05) is 29.7 Å². The predicted molar refractivity (Wildman–Crippen MR) is 128 cm³/mol. The van der Waals surface area contributed by atoms with Gasteiger partial charge in [0.25, 0.3) is 5.91 Å². The monoisotopic (exact) mass is 479 g/mol. The minimum atomic E-state index is -0.738. The number of piperidine rings is 1. The zero-order chi connectivity index (χ0) is 22.4. The number of aliphatic imine (C=N–C) groups is 1. The van der Waals surface area contributed by atoms with E-state index in [1.165, 1.54) is 0 Å². The maximum Gasteiger partial charge on any atom is 0.279 e. The third kappa shape index (κ3) is 6.28. The quantitative estimate of drug-likeness (QED) is 0.493. The highest BCUT2D eigenvalue weighted by atomic mass is 35.5. The highest BCUT2D eigenvalue weighted by Gasteiger charge is 2.28. The summed E-state index contributed by atoms with van der Waals surface area (Å²) in [5.74, 6) is -1.22. The fraction of sp³-hybridized carbons (Fsp3) is 0.318. The van der Waals surface area contributed by atoms with Crippen molar-refractivity contribution in [2.45, 2.75) is 19.3 Å². The molecule has 0 saturated carbocycles. The van der Waals surface area contributed by atoms with Crippen molar-refractivity contribution in [2.75, 3.05) is 19.6 Å². The third-order valence-corrected chi connectivity index (χ3v) is 5.86. The van der Waals surface area contributed by atoms with E-state index < -0.39 is 11.8 Å². The molecule has 31 heavy (non-hydrogen) atoms. The van der Waals surface area contributed by atoms with E-state index in [-0.39, 0.29) is 12.3 Å². The van der Waals surface area contributed by atoms with Gasteiger partial charge in [0.1, 0.15) is 5.71 Å². The molecule has 0 bridgehead atoms. The van der Waals surface area contributed by atoms with Crippen LogP contribution in [0.25, 0.3) is 0 Å². The van der Waals surface area contributed by atoms with Gasteiger partial charge in [0.2, 0.25) is 0 Å². The lowest BCUT2D eigenvalue weighted by Crippen LogP contribution is -2.50. The van der Waals surface area contributed by atoms with Crippen molar-refractivity contribution in [3.8, 4) is 0 Å². The lowest BCUT2D eigenvalue weighted by atomic mass is 9.91. The molecule has 4 N–H and O–H groups in total. The lowest BCUT2D eigenvalue weighted by Gasteiger charge is -2.28. The van der Waals surface area contributed by atoms with Crippen LogP contribution in [0, 0.1) is 11.3 Å². The maximum absolute atomic E-state index is 12.8. The first-order valence-corrected chi connectivity index (χ1v) is 11.2. The summed E-state index contributed by atoms with van der Waals surface area (Å²) in [6.45, 7) is 1.56. The van der Waals surface area contributed by atoms with Gasteiger partial charge < -0.3 is 5.73 Å². The molecule has 1 fully saturated rings. The molecule has 1 atom stereocenters. The molecule has 2 aromatic carbocycles. The number of hydrazine groups is 1. The summed E-state index contributed by atoms with van der Waals surface area (Å²) >= 11 is 18.4. The number of nitrogens with one attached hydrogen (secondary N) is 2. The van der Waals surface area contributed by atoms with Crippen molar-refractivity contribution < 1.29 is 4.79 Å². The van der Waals surface area contributed by atoms with Gasteiger partial charge in [-0.1, -0.05) is 53.4 Å². The summed E-state index contributed by atoms with van der Waals surface area (Å²) in [5.41, 5.74) is 10.3. The van der Waals surface area contributed by atoms with Crippen LogP contribution < -0.4 is 11.2 Å². The third-order valence-electron chi connectivity index (χ3n) is 5.07. The van der Waals surface area contributed by atoms with E-state index in [1.54, 1.807) is 42.5 Å². The van der Waals surface area contributed by atoms with Gasteiger partial charge in [-0.3, -0.25) is 20.6 Å². The number of nitrogens with zero attached hydrogens (tertiary/aromatic N) is 2. The summed E-state index contributed by atoms with van der Waals surface area (Å²) in [6.07, 6.45) is 3.17. The van der Waals surface area contributed by atoms with Crippen LogP contribution in [0.1, 0.15) is 24.8 Å². The highest BCUT2D eigenvalue weighted by molar-refractivity contribution is 6.43. The Morgan fingerprint density at radius 1 is 1.06 bits per heavy atom. The number of carbonyl (C=O) groups is 1. The SMILES string of the molecule is N=C(C(=O)NN1CCCCC1)C(CN)C(=Nc1ccc(Cl)cc1Cl)c1ccc(Cl)cc1. The molecule has 164 valence electrons. The van der Waals surface area contributed by atoms with Gasteiger partial charge >= 0.3 is 0 Å². The van der Waals surface area contributed by atoms with Crippen molar-refractivity contribution in [3.63, 3.8) is 0 Å². The summed E-state index contributed by atoms with van der Waals surface area (Å²) in [4.78, 5) is 17.5. The summed E-state index contributed by atoms with van der Waals surface area (Å²) in [6, 6.07) is 12.0. The second kappa shape index (κ2) is 11.1. The van der Waals surface area contributed by atoms with Crippen molar-refractivity contribution >= 4 is 57.8 Å². The molecule has 0 spiro atoms. The zero-order valence-corrected chi connectivity index (χ0v) is 19.1. The number of rotatable bonds is 7. The van der Waals surface area contributed by atoms with Crippen LogP contribution in [0.15, 0.2) is 47.5 Å². The predicted octanol–water partition coefficient (Wildman–Crippen LogP) is 4.88. The molecule has 1 amide bonds. The van der Waals surface area contributed by atoms with Gasteiger partial charge in [-0.15, -0.1) is 0 Å². The van der Waals surface area contributed by atoms with E-state index in [1.807, 2.05) is 5.01 Å². The van der Waals surface area contributed by atoms with Crippen LogP contribution in [-0.4, -0.2) is 42.0 Å². The first kappa shape index (κ1) is 23.7. The van der Waals surface area contributed by atoms with E-state index >= 15 is 0 Å². The molecule has 6 nitrogen and oxygen atoms in total. The van der Waals surface area contributed by atoms with Crippen LogP contribution in [0.3, 0.4) is 0 Å². The smallest absolute Gasteiger partial charge is 0.279 e. The van der Waals surface area contributed by atoms with E-state index in [2.05, 4.69) is 10.4 Å². The topological polar surface area (TPSA) is 94.6 Å². The molecular weight excluding hydrogens is 457 g/mol. The largest absolute Gasteiger partial charge is 0.329 e. The Labute approximate surface area is 196 Å². The Hall–Kier alpha value is -1.96. The molecular formula is C22H24Cl3N5O. The Kier molecular flexibility index (Phi) is 8.46. The normalized spacial score (nSPS) is 16.1. The van der Waals surface area contributed by atoms with Crippen molar-refractivity contribution in [1.82, 2.24) is 10.4 Å². The fourth-order valence-electron chi connectivity index (χ4n) is 3.40. The van der Waals surface area contributed by atoms with E-state index in [4.69, 9.17) is 45.9 Å². The van der Waals surface area contributed by atoms with Crippen LogP contribution in [0.5, 0.6) is 0 Å². The van der Waals surface area contributed by atoms with Crippen LogP contribution >= 0.6 is 34.8 Å². The average molecular weight is 481 g/mol. The van der Waals surface area contributed by atoms with Crippen molar-refractivity contribution in [2.24, 2.45) is 16.6 Å². The standard InChI is InChI=1S/C22H24Cl3N5O/c23-15-6-4-14(5-7-15)21(28-19-9-8-16(24)12-18(19)25)17(13-26)20(27)22(31)29-30-10-2-1-3-11-30/h4-9,12,17,27H,1-3,10-11,13,26H2,(H,29,31). The molecule has 1 aliphatic rings. The Morgan fingerprint density at radius 3 is 2.32 bits per heavy atom. The van der Waals surface area contributed by atoms with Crippen molar-refractivity contribution in [3.05, 3.63) is 63.1 Å². The van der Waals surface area contributed by atoms with Gasteiger partial charge in [-0.2, -0.15) is 0 Å². The summed E-state index contributed by atoms with van der Waals surface area (Å²) < 4.78 is 0. The second-order valence-electron chi connectivity index (χ2n) is 7.29. The molecule has 1 heterocycles. The van der Waals surface area contributed by atoms with E-state index in [9.17, 15) is 4.79 Å². The van der Waals surface area contributed by atoms with Gasteiger partial charge in [-0.25, -0.2) is 5.01 Å². The van der Waals surface area contributed by atoms with Crippen LogP contribution in [0.2, 0.25) is 15.1 Å². The zero-order valence-electron chi connectivity index (χ0n) is 16.9. The Morgan fingerprint density at radius 2 is 1.71 bits per heavy atom. The van der Waals surface area contributed by atoms with Crippen molar-refractivity contribution in [1.29, 1.82) is 5.41 Å². The number of benzene rings is 2. The fourth-order valence-corrected chi connectivity index (χ4v) is 3.98. The molecule has 0 aliphatic carbocycles. The van der Waals surface area contributed by atoms with Crippen LogP contribution in [0.4, 0.5) is 5.69 Å². The molecule has 3 rings (SSSR count). The lowest BCUT2D eigenvalue weighted by molar-refractivity contribution is -0.120. The first-order chi connectivity index (χ1) is 14.9. The molecule has 1 unspecified atom stereocenters. The summed E-state index contributed by atoms with van der Waals surface area (Å²) in [7, 11) is 0. The second-order valence-corrected chi connectivity index (χ2v) is 8.57. The first-order valence-electron chi connectivity index (χ1n) is 10.0. The van der Waals surface area contributed by atoms with Gasteiger partial charge in [0.15, 0.2) is 0 Å². The minimum Gasteiger partial charge on any atom is -0.329 e. The van der Waals surface area contributed by atoms with E-state index in [0.717, 1.165) is 32.4 Å². The number of halogens is 3. The van der Waals surface area contributed by atoms with Gasteiger partial charge in [-0.05, 0) is 48.7 Å². The minimum absolute atomic E-state index is 0.0267. The molecule has 9 heteroatoms. The number of amides is 1. The molecule has 1 saturated heterocycles. The molecule has 0 aromatic heterocycles. The molecule has 2 aromatic rings. The van der Waals surface area contributed by atoms with Gasteiger partial charge in [0.05, 0.1) is 22.3 Å². The Balaban J connectivity index is 1.95. The number of nitrogens with two attached hydrogens (primary N) is 1. The maximum atomic E-state index is 12.8. The molecule has 1 aliphatic heterocycles. The average Bonchev–Trinajstić information content (AvgIpc) is 2.76. The Bertz CT molecular complexity index is 972. The molecule has 0 radical (unpaired) electrons. The number of carbonyl (C=O) groups excluding carboxylic acids is 1. The van der Waals surface area contributed by atoms with Crippen LogP contribution in [-0.2, 0) is 4.79 Å². The van der Waals surface area contributed by atoms with E-state index in [0.29, 0.717) is 32.0 Å². The number of hydrogen-bond acceptors (Lipinski definition) is 5. The summed E-state index contributed by atoms with van der Waals surface area (Å²) in [5, 5.41) is 11.8.